The van der Waals surface area contributed by atoms with Crippen LogP contribution in [0.15, 0.2) is 78.4 Å². The summed E-state index contributed by atoms with van der Waals surface area (Å²) in [5, 5.41) is 15.2. The van der Waals surface area contributed by atoms with E-state index in [1.54, 1.807) is 72.8 Å². The van der Waals surface area contributed by atoms with Gasteiger partial charge in [0, 0.05) is 5.56 Å². The molecule has 0 unspecified atom stereocenters. The minimum atomic E-state index is -0.616. The number of para-hydroxylation sites is 4. The summed E-state index contributed by atoms with van der Waals surface area (Å²) in [7, 11) is 1.51. The average Bonchev–Trinajstić information content (AvgIpc) is 2.83. The molecular weight excluding hydrogens is 442 g/mol. The van der Waals surface area contributed by atoms with Gasteiger partial charge in [0.15, 0.2) is 6.61 Å². The largest absolute Gasteiger partial charge is 0.495 e. The lowest BCUT2D eigenvalue weighted by Gasteiger charge is -2.12. The Bertz CT molecular complexity index is 1230. The SMILES string of the molecule is COc1ccccc1NC(=O)COc1ccccc1C=C(C#N)C(=O)Nc1ccccc1Cl. The first-order valence-electron chi connectivity index (χ1n) is 9.84. The molecule has 166 valence electrons. The molecule has 2 amide bonds. The van der Waals surface area contributed by atoms with E-state index in [2.05, 4.69) is 10.6 Å². The van der Waals surface area contributed by atoms with Gasteiger partial charge >= 0.3 is 0 Å². The van der Waals surface area contributed by atoms with Crippen LogP contribution in [0.5, 0.6) is 11.5 Å². The predicted octanol–water partition coefficient (Wildman–Crippen LogP) is 4.91. The Morgan fingerprint density at radius 2 is 1.58 bits per heavy atom. The Morgan fingerprint density at radius 3 is 2.27 bits per heavy atom. The Kier molecular flexibility index (Phi) is 8.06. The van der Waals surface area contributed by atoms with Gasteiger partial charge in [-0.05, 0) is 36.4 Å². The van der Waals surface area contributed by atoms with Crippen molar-refractivity contribution in [1.29, 1.82) is 5.26 Å². The van der Waals surface area contributed by atoms with Gasteiger partial charge in [0.2, 0.25) is 0 Å². The highest BCUT2D eigenvalue weighted by molar-refractivity contribution is 6.34. The number of anilines is 2. The summed E-state index contributed by atoms with van der Waals surface area (Å²) in [5.41, 5.74) is 1.23. The second-order valence-electron chi connectivity index (χ2n) is 6.68. The number of nitrogens with zero attached hydrogens (tertiary/aromatic N) is 1. The van der Waals surface area contributed by atoms with E-state index < -0.39 is 11.8 Å². The minimum absolute atomic E-state index is 0.149. The maximum absolute atomic E-state index is 12.6. The molecule has 7 nitrogen and oxygen atoms in total. The fourth-order valence-corrected chi connectivity index (χ4v) is 3.05. The summed E-state index contributed by atoms with van der Waals surface area (Å²) in [6.07, 6.45) is 1.39. The molecule has 0 bridgehead atoms. The van der Waals surface area contributed by atoms with E-state index in [0.717, 1.165) is 0 Å². The molecule has 0 aliphatic rings. The molecular formula is C25H20ClN3O4. The van der Waals surface area contributed by atoms with Crippen LogP contribution in [0.3, 0.4) is 0 Å². The summed E-state index contributed by atoms with van der Waals surface area (Å²) in [6, 6.07) is 22.4. The lowest BCUT2D eigenvalue weighted by Crippen LogP contribution is -2.20. The smallest absolute Gasteiger partial charge is 0.266 e. The first-order valence-corrected chi connectivity index (χ1v) is 10.2. The van der Waals surface area contributed by atoms with Crippen LogP contribution in [0.1, 0.15) is 5.56 Å². The van der Waals surface area contributed by atoms with Crippen molar-refractivity contribution >= 4 is 40.9 Å². The third-order valence-corrected chi connectivity index (χ3v) is 4.78. The van der Waals surface area contributed by atoms with Gasteiger partial charge in [0.05, 0.1) is 23.5 Å². The van der Waals surface area contributed by atoms with Gasteiger partial charge in [-0.1, -0.05) is 54.1 Å². The van der Waals surface area contributed by atoms with E-state index in [9.17, 15) is 14.9 Å². The number of rotatable bonds is 8. The first-order chi connectivity index (χ1) is 16.0. The molecule has 0 fully saturated rings. The number of hydrogen-bond donors (Lipinski definition) is 2. The Morgan fingerprint density at radius 1 is 0.939 bits per heavy atom. The number of carbonyl (C=O) groups is 2. The number of benzene rings is 3. The van der Waals surface area contributed by atoms with Gasteiger partial charge in [-0.3, -0.25) is 9.59 Å². The number of nitrogens with one attached hydrogen (secondary N) is 2. The van der Waals surface area contributed by atoms with Crippen LogP contribution in [-0.4, -0.2) is 25.5 Å². The van der Waals surface area contributed by atoms with Crippen LogP contribution in [0.25, 0.3) is 6.08 Å². The number of amides is 2. The highest BCUT2D eigenvalue weighted by Gasteiger charge is 2.14. The van der Waals surface area contributed by atoms with E-state index in [4.69, 9.17) is 21.1 Å². The second-order valence-corrected chi connectivity index (χ2v) is 7.09. The van der Waals surface area contributed by atoms with E-state index in [-0.39, 0.29) is 12.2 Å². The van der Waals surface area contributed by atoms with Crippen molar-refractivity contribution < 1.29 is 19.1 Å². The molecule has 0 heterocycles. The molecule has 3 aromatic carbocycles. The maximum Gasteiger partial charge on any atom is 0.266 e. The monoisotopic (exact) mass is 461 g/mol. The van der Waals surface area contributed by atoms with Gasteiger partial charge < -0.3 is 20.1 Å². The third kappa shape index (κ3) is 6.35. The van der Waals surface area contributed by atoms with Crippen molar-refractivity contribution in [3.8, 4) is 17.6 Å². The quantitative estimate of drug-likeness (QED) is 0.366. The molecule has 2 N–H and O–H groups in total. The van der Waals surface area contributed by atoms with Crippen molar-refractivity contribution in [3.63, 3.8) is 0 Å². The van der Waals surface area contributed by atoms with E-state index in [1.807, 2.05) is 6.07 Å². The summed E-state index contributed by atoms with van der Waals surface area (Å²) in [5.74, 6) is -0.145. The lowest BCUT2D eigenvalue weighted by molar-refractivity contribution is -0.118. The van der Waals surface area contributed by atoms with Crippen molar-refractivity contribution in [2.75, 3.05) is 24.4 Å². The van der Waals surface area contributed by atoms with Crippen LogP contribution in [0.4, 0.5) is 11.4 Å². The molecule has 0 aliphatic heterocycles. The van der Waals surface area contributed by atoms with Gasteiger partial charge in [-0.25, -0.2) is 0 Å². The van der Waals surface area contributed by atoms with Gasteiger partial charge in [0.1, 0.15) is 23.1 Å². The molecule has 0 aromatic heterocycles. The van der Waals surface area contributed by atoms with E-state index >= 15 is 0 Å². The zero-order valence-corrected chi connectivity index (χ0v) is 18.4. The number of nitriles is 1. The standard InChI is InChI=1S/C25H20ClN3O4/c1-32-23-13-7-5-11-21(23)28-24(30)16-33-22-12-6-2-8-17(22)14-18(15-27)25(31)29-20-10-4-3-9-19(20)26/h2-14H,16H2,1H3,(H,28,30)(H,29,31). The molecule has 0 radical (unpaired) electrons. The zero-order valence-electron chi connectivity index (χ0n) is 17.7. The number of hydrogen-bond acceptors (Lipinski definition) is 5. The van der Waals surface area contributed by atoms with Crippen LogP contribution in [0, 0.1) is 11.3 Å². The molecule has 0 aliphatic carbocycles. The van der Waals surface area contributed by atoms with E-state index in [1.165, 1.54) is 13.2 Å². The number of methoxy groups -OCH3 is 1. The molecule has 3 rings (SSSR count). The third-order valence-electron chi connectivity index (χ3n) is 4.45. The van der Waals surface area contributed by atoms with Crippen molar-refractivity contribution in [2.45, 2.75) is 0 Å². The molecule has 0 atom stereocenters. The van der Waals surface area contributed by atoms with Crippen molar-refractivity contribution in [3.05, 3.63) is 89.0 Å². The average molecular weight is 462 g/mol. The minimum Gasteiger partial charge on any atom is -0.495 e. The van der Waals surface area contributed by atoms with Crippen LogP contribution in [-0.2, 0) is 9.59 Å². The van der Waals surface area contributed by atoms with Crippen molar-refractivity contribution in [2.24, 2.45) is 0 Å². The molecule has 0 spiro atoms. The molecule has 33 heavy (non-hydrogen) atoms. The summed E-state index contributed by atoms with van der Waals surface area (Å²) < 4.78 is 10.9. The summed E-state index contributed by atoms with van der Waals surface area (Å²) in [6.45, 7) is -0.281. The van der Waals surface area contributed by atoms with E-state index in [0.29, 0.717) is 33.5 Å². The van der Waals surface area contributed by atoms with Crippen LogP contribution >= 0.6 is 11.6 Å². The fraction of sp³-hybridized carbons (Fsp3) is 0.0800. The highest BCUT2D eigenvalue weighted by Crippen LogP contribution is 2.25. The molecule has 8 heteroatoms. The Labute approximate surface area is 196 Å². The maximum atomic E-state index is 12.6. The second kappa shape index (κ2) is 11.4. The molecule has 0 saturated carbocycles. The number of halogens is 1. The number of carbonyl (C=O) groups excluding carboxylic acids is 2. The topological polar surface area (TPSA) is 100 Å². The van der Waals surface area contributed by atoms with Crippen LogP contribution < -0.4 is 20.1 Å². The molecule has 3 aromatic rings. The zero-order chi connectivity index (χ0) is 23.6. The first kappa shape index (κ1) is 23.4. The highest BCUT2D eigenvalue weighted by atomic mass is 35.5. The van der Waals surface area contributed by atoms with Crippen LogP contribution in [0.2, 0.25) is 5.02 Å². The normalized spacial score (nSPS) is 10.6. The fourth-order valence-electron chi connectivity index (χ4n) is 2.87. The summed E-state index contributed by atoms with van der Waals surface area (Å²) >= 11 is 6.07. The summed E-state index contributed by atoms with van der Waals surface area (Å²) in [4.78, 5) is 24.9. The van der Waals surface area contributed by atoms with Gasteiger partial charge in [-0.15, -0.1) is 0 Å². The molecule has 0 saturated heterocycles. The Hall–Kier alpha value is -4.28. The lowest BCUT2D eigenvalue weighted by atomic mass is 10.1. The van der Waals surface area contributed by atoms with Crippen molar-refractivity contribution in [1.82, 2.24) is 0 Å². The van der Waals surface area contributed by atoms with Gasteiger partial charge in [0.25, 0.3) is 11.8 Å². The Balaban J connectivity index is 1.71. The predicted molar refractivity (Wildman–Crippen MR) is 127 cm³/mol. The van der Waals surface area contributed by atoms with Gasteiger partial charge in [-0.2, -0.15) is 5.26 Å². The number of ether oxygens (including phenoxy) is 2.